The van der Waals surface area contributed by atoms with Crippen molar-refractivity contribution in [1.82, 2.24) is 0 Å². The van der Waals surface area contributed by atoms with Gasteiger partial charge in [-0.25, -0.2) is 0 Å². The first kappa shape index (κ1) is 24.6. The molecule has 0 heteroatoms. The minimum atomic E-state index is 0.325. The fourth-order valence-electron chi connectivity index (χ4n) is 6.79. The molecular formula is C42H30. The van der Waals surface area contributed by atoms with Gasteiger partial charge in [0.2, 0.25) is 0 Å². The lowest BCUT2D eigenvalue weighted by Gasteiger charge is -2.35. The molecule has 0 aromatic heterocycles. The highest BCUT2D eigenvalue weighted by molar-refractivity contribution is 5.86. The summed E-state index contributed by atoms with van der Waals surface area (Å²) in [6, 6.07) is 55.2. The highest BCUT2D eigenvalue weighted by atomic mass is 14.4. The van der Waals surface area contributed by atoms with Gasteiger partial charge >= 0.3 is 0 Å². The van der Waals surface area contributed by atoms with Crippen LogP contribution in [0.1, 0.15) is 28.5 Å². The van der Waals surface area contributed by atoms with Crippen LogP contribution in [0.15, 0.2) is 170 Å². The third kappa shape index (κ3) is 4.33. The molecule has 0 radical (unpaired) electrons. The van der Waals surface area contributed by atoms with Gasteiger partial charge in [-0.3, -0.25) is 0 Å². The first-order valence-corrected chi connectivity index (χ1v) is 14.8. The van der Waals surface area contributed by atoms with E-state index in [0.29, 0.717) is 11.8 Å². The van der Waals surface area contributed by atoms with Crippen molar-refractivity contribution in [2.45, 2.75) is 11.8 Å². The van der Waals surface area contributed by atoms with E-state index in [0.717, 1.165) is 0 Å². The zero-order valence-corrected chi connectivity index (χ0v) is 23.3. The van der Waals surface area contributed by atoms with Gasteiger partial charge < -0.3 is 0 Å². The average molecular weight is 535 g/mol. The first-order chi connectivity index (χ1) is 20.8. The number of rotatable bonds is 4. The van der Waals surface area contributed by atoms with Gasteiger partial charge in [0, 0.05) is 11.8 Å². The Morgan fingerprint density at radius 2 is 0.786 bits per heavy atom. The Morgan fingerprint density at radius 3 is 1.40 bits per heavy atom. The molecule has 0 amide bonds. The second-order valence-electron chi connectivity index (χ2n) is 11.3. The molecular weight excluding hydrogens is 504 g/mol. The van der Waals surface area contributed by atoms with Crippen LogP contribution in [-0.2, 0) is 0 Å². The van der Waals surface area contributed by atoms with Crippen LogP contribution in [0.2, 0.25) is 0 Å². The second kappa shape index (κ2) is 10.3. The normalized spacial score (nSPS) is 16.6. The van der Waals surface area contributed by atoms with Gasteiger partial charge in [-0.05, 0) is 91.0 Å². The molecule has 0 heterocycles. The van der Waals surface area contributed by atoms with Crippen LogP contribution < -0.4 is 0 Å². The molecule has 0 saturated heterocycles. The summed E-state index contributed by atoms with van der Waals surface area (Å²) >= 11 is 0. The molecule has 2 atom stereocenters. The molecule has 0 N–H and O–H groups in total. The Hall–Kier alpha value is -5.20. The molecule has 198 valence electrons. The Labute approximate surface area is 248 Å². The maximum absolute atomic E-state index is 2.49. The lowest BCUT2D eigenvalue weighted by molar-refractivity contribution is 0.722. The smallest absolute Gasteiger partial charge is 0.0137 e. The summed E-state index contributed by atoms with van der Waals surface area (Å²) in [5.74, 6) is 0.685. The van der Waals surface area contributed by atoms with E-state index in [1.165, 1.54) is 66.8 Å². The van der Waals surface area contributed by atoms with Crippen molar-refractivity contribution in [2.75, 3.05) is 0 Å². The molecule has 2 unspecified atom stereocenters. The van der Waals surface area contributed by atoms with E-state index >= 15 is 0 Å². The van der Waals surface area contributed by atoms with Crippen LogP contribution in [0.3, 0.4) is 0 Å². The minimum Gasteiger partial charge on any atom is -0.0755 e. The molecule has 0 aliphatic heterocycles. The summed E-state index contributed by atoms with van der Waals surface area (Å²) in [6.45, 7) is 0. The molecule has 0 fully saturated rings. The summed E-state index contributed by atoms with van der Waals surface area (Å²) in [5.41, 5.74) is 15.5. The van der Waals surface area contributed by atoms with Gasteiger partial charge in [-0.1, -0.05) is 146 Å². The third-order valence-corrected chi connectivity index (χ3v) is 8.84. The lowest BCUT2D eigenvalue weighted by atomic mass is 9.69. The number of fused-ring (bicyclic) bond motifs is 6. The van der Waals surface area contributed by atoms with Crippen molar-refractivity contribution in [1.29, 1.82) is 0 Å². The fraction of sp³-hybridized carbons (Fsp3) is 0.0476. The predicted octanol–water partition coefficient (Wildman–Crippen LogP) is 11.2. The van der Waals surface area contributed by atoms with Crippen LogP contribution >= 0.6 is 0 Å². The van der Waals surface area contributed by atoms with E-state index in [9.17, 15) is 0 Å². The van der Waals surface area contributed by atoms with E-state index in [2.05, 4.69) is 170 Å². The van der Waals surface area contributed by atoms with Gasteiger partial charge in [-0.15, -0.1) is 0 Å². The van der Waals surface area contributed by atoms with E-state index < -0.39 is 0 Å². The molecule has 42 heavy (non-hydrogen) atoms. The highest BCUT2D eigenvalue weighted by Crippen LogP contribution is 2.50. The molecule has 0 spiro atoms. The van der Waals surface area contributed by atoms with Crippen LogP contribution in [0.25, 0.3) is 50.1 Å². The van der Waals surface area contributed by atoms with Crippen LogP contribution in [0.4, 0.5) is 0 Å². The summed E-state index contributed by atoms with van der Waals surface area (Å²) in [6.07, 6.45) is 7.25. The molecule has 6 aromatic carbocycles. The van der Waals surface area contributed by atoms with E-state index in [1.54, 1.807) is 0 Å². The topological polar surface area (TPSA) is 0 Å². The van der Waals surface area contributed by atoms with E-state index in [1.807, 2.05) is 0 Å². The molecule has 8 rings (SSSR count). The zero-order valence-electron chi connectivity index (χ0n) is 23.3. The standard InChI is InChI=1S/C42H30/c1-3-12-29(13-4-1)34-25-35(30-14-5-2-6-15-30)27-36(26-34)32-17-11-16-31(24-32)33-22-23-41-39-20-8-7-18-37(39)38-19-9-10-21-40(38)42(41)28-33/h1-28,41-42H. The SMILES string of the molecule is C1=CC2c3ccccc3-c3ccccc3C2C=C1c1cccc(-c2cc(-c3ccccc3)cc(-c3ccccc3)c2)c1. The van der Waals surface area contributed by atoms with E-state index in [4.69, 9.17) is 0 Å². The van der Waals surface area contributed by atoms with Crippen LogP contribution in [-0.4, -0.2) is 0 Å². The van der Waals surface area contributed by atoms with Gasteiger partial charge in [-0.2, -0.15) is 0 Å². The summed E-state index contributed by atoms with van der Waals surface area (Å²) in [4.78, 5) is 0. The van der Waals surface area contributed by atoms with Crippen molar-refractivity contribution >= 4 is 5.57 Å². The molecule has 2 aliphatic rings. The zero-order chi connectivity index (χ0) is 27.9. The monoisotopic (exact) mass is 534 g/mol. The molecule has 6 aromatic rings. The van der Waals surface area contributed by atoms with Crippen LogP contribution in [0, 0.1) is 0 Å². The van der Waals surface area contributed by atoms with Crippen molar-refractivity contribution in [3.63, 3.8) is 0 Å². The summed E-state index contributed by atoms with van der Waals surface area (Å²) < 4.78 is 0. The number of hydrogen-bond acceptors (Lipinski definition) is 0. The van der Waals surface area contributed by atoms with Crippen molar-refractivity contribution in [3.05, 3.63) is 187 Å². The predicted molar refractivity (Wildman–Crippen MR) is 177 cm³/mol. The van der Waals surface area contributed by atoms with Crippen molar-refractivity contribution in [2.24, 2.45) is 0 Å². The molecule has 0 saturated carbocycles. The fourth-order valence-corrected chi connectivity index (χ4v) is 6.79. The van der Waals surface area contributed by atoms with Crippen molar-refractivity contribution in [3.8, 4) is 44.5 Å². The maximum Gasteiger partial charge on any atom is 0.0137 e. The largest absolute Gasteiger partial charge is 0.0755 e. The number of hydrogen-bond donors (Lipinski definition) is 0. The van der Waals surface area contributed by atoms with Gasteiger partial charge in [0.1, 0.15) is 0 Å². The Balaban J connectivity index is 1.22. The van der Waals surface area contributed by atoms with Gasteiger partial charge in [0.15, 0.2) is 0 Å². The highest BCUT2D eigenvalue weighted by Gasteiger charge is 2.32. The van der Waals surface area contributed by atoms with Gasteiger partial charge in [0.05, 0.1) is 0 Å². The quantitative estimate of drug-likeness (QED) is 0.211. The Kier molecular flexibility index (Phi) is 6.04. The second-order valence-corrected chi connectivity index (χ2v) is 11.3. The summed E-state index contributed by atoms with van der Waals surface area (Å²) in [7, 11) is 0. The maximum atomic E-state index is 2.49. The number of allylic oxidation sites excluding steroid dienone is 4. The number of benzene rings is 6. The first-order valence-electron chi connectivity index (χ1n) is 14.8. The van der Waals surface area contributed by atoms with Crippen molar-refractivity contribution < 1.29 is 0 Å². The van der Waals surface area contributed by atoms with Gasteiger partial charge in [0.25, 0.3) is 0 Å². The van der Waals surface area contributed by atoms with Crippen LogP contribution in [0.5, 0.6) is 0 Å². The molecule has 2 aliphatic carbocycles. The Morgan fingerprint density at radius 1 is 0.333 bits per heavy atom. The average Bonchev–Trinajstić information content (AvgIpc) is 3.09. The molecule has 0 nitrogen and oxygen atoms in total. The summed E-state index contributed by atoms with van der Waals surface area (Å²) in [5, 5.41) is 0. The third-order valence-electron chi connectivity index (χ3n) is 8.84. The molecule has 0 bridgehead atoms. The minimum absolute atomic E-state index is 0.325. The Bertz CT molecular complexity index is 1920. The van der Waals surface area contributed by atoms with E-state index in [-0.39, 0.29) is 0 Å². The lowest BCUT2D eigenvalue weighted by Crippen LogP contribution is -2.17.